The van der Waals surface area contributed by atoms with Gasteiger partial charge in [0, 0.05) is 19.2 Å². The van der Waals surface area contributed by atoms with Gasteiger partial charge in [-0.05, 0) is 37.8 Å². The summed E-state index contributed by atoms with van der Waals surface area (Å²) in [4.78, 5) is 14.1. The van der Waals surface area contributed by atoms with Gasteiger partial charge < -0.3 is 10.0 Å². The summed E-state index contributed by atoms with van der Waals surface area (Å²) in [6.07, 6.45) is 3.30. The van der Waals surface area contributed by atoms with Crippen LogP contribution in [-0.4, -0.2) is 35.1 Å². The zero-order valence-corrected chi connectivity index (χ0v) is 11.4. The van der Waals surface area contributed by atoms with Crippen LogP contribution in [0.2, 0.25) is 5.02 Å². The first kappa shape index (κ1) is 14.3. The van der Waals surface area contributed by atoms with Gasteiger partial charge in [-0.25, -0.2) is 4.39 Å². The van der Waals surface area contributed by atoms with Crippen LogP contribution in [0.15, 0.2) is 18.2 Å². The Hall–Kier alpha value is -1.13. The van der Waals surface area contributed by atoms with Crippen LogP contribution in [0.3, 0.4) is 0 Å². The number of benzene rings is 1. The molecule has 104 valence electrons. The van der Waals surface area contributed by atoms with Gasteiger partial charge in [-0.15, -0.1) is 0 Å². The van der Waals surface area contributed by atoms with E-state index >= 15 is 0 Å². The van der Waals surface area contributed by atoms with E-state index in [9.17, 15) is 9.18 Å². The first-order chi connectivity index (χ1) is 9.15. The van der Waals surface area contributed by atoms with Gasteiger partial charge in [-0.1, -0.05) is 17.7 Å². The Bertz CT molecular complexity index is 445. The average Bonchev–Trinajstić information content (AvgIpc) is 2.39. The molecule has 1 unspecified atom stereocenters. The predicted molar refractivity (Wildman–Crippen MR) is 71.8 cm³/mol. The van der Waals surface area contributed by atoms with Gasteiger partial charge in [0.15, 0.2) is 0 Å². The van der Waals surface area contributed by atoms with Crippen LogP contribution in [0, 0.1) is 5.82 Å². The Morgan fingerprint density at radius 1 is 1.47 bits per heavy atom. The van der Waals surface area contributed by atoms with E-state index in [0.29, 0.717) is 13.0 Å². The summed E-state index contributed by atoms with van der Waals surface area (Å²) >= 11 is 5.93. The van der Waals surface area contributed by atoms with Crippen LogP contribution in [0.4, 0.5) is 4.39 Å². The number of hydrogen-bond acceptors (Lipinski definition) is 2. The Labute approximate surface area is 117 Å². The van der Waals surface area contributed by atoms with Gasteiger partial charge in [0.25, 0.3) is 5.91 Å². The van der Waals surface area contributed by atoms with E-state index in [2.05, 4.69) is 0 Å². The van der Waals surface area contributed by atoms with Gasteiger partial charge in [0.1, 0.15) is 5.82 Å². The second-order valence-corrected chi connectivity index (χ2v) is 5.16. The number of carbonyl (C=O) groups excluding carboxylic acids is 1. The highest BCUT2D eigenvalue weighted by molar-refractivity contribution is 6.33. The lowest BCUT2D eigenvalue weighted by atomic mass is 9.98. The fourth-order valence-electron chi connectivity index (χ4n) is 2.56. The first-order valence-corrected chi connectivity index (χ1v) is 6.88. The maximum Gasteiger partial charge on any atom is 0.258 e. The molecule has 5 heteroatoms. The minimum atomic E-state index is -0.592. The van der Waals surface area contributed by atoms with Gasteiger partial charge >= 0.3 is 0 Å². The number of hydrogen-bond donors (Lipinski definition) is 1. The first-order valence-electron chi connectivity index (χ1n) is 6.51. The molecular weight excluding hydrogens is 269 g/mol. The van der Waals surface area contributed by atoms with E-state index in [1.165, 1.54) is 18.2 Å². The Kier molecular flexibility index (Phi) is 4.77. The van der Waals surface area contributed by atoms with Crippen molar-refractivity contribution in [1.29, 1.82) is 0 Å². The number of carbonyl (C=O) groups is 1. The molecule has 1 aliphatic heterocycles. The number of likely N-dealkylation sites (tertiary alicyclic amines) is 1. The maximum absolute atomic E-state index is 13.8. The summed E-state index contributed by atoms with van der Waals surface area (Å²) < 4.78 is 13.8. The van der Waals surface area contributed by atoms with Gasteiger partial charge in [0.2, 0.25) is 0 Å². The zero-order chi connectivity index (χ0) is 13.8. The molecule has 19 heavy (non-hydrogen) atoms. The summed E-state index contributed by atoms with van der Waals surface area (Å²) in [5.74, 6) is -0.966. The molecule has 0 spiro atoms. The van der Waals surface area contributed by atoms with Gasteiger partial charge in [-0.3, -0.25) is 4.79 Å². The molecule has 0 saturated carbocycles. The van der Waals surface area contributed by atoms with Crippen molar-refractivity contribution in [3.8, 4) is 0 Å². The lowest BCUT2D eigenvalue weighted by molar-refractivity contribution is 0.0570. The molecule has 1 atom stereocenters. The van der Waals surface area contributed by atoms with E-state index in [-0.39, 0.29) is 29.1 Å². The lowest BCUT2D eigenvalue weighted by Crippen LogP contribution is -2.44. The minimum absolute atomic E-state index is 0.0260. The summed E-state index contributed by atoms with van der Waals surface area (Å²) in [6, 6.07) is 4.21. The predicted octanol–water partition coefficient (Wildman–Crippen LogP) is 2.86. The van der Waals surface area contributed by atoms with Gasteiger partial charge in [-0.2, -0.15) is 0 Å². The number of halogens is 2. The monoisotopic (exact) mass is 285 g/mol. The number of rotatable bonds is 3. The molecular formula is C14H17ClFNO2. The Morgan fingerprint density at radius 3 is 2.95 bits per heavy atom. The lowest BCUT2D eigenvalue weighted by Gasteiger charge is -2.35. The number of nitrogens with zero attached hydrogens (tertiary/aromatic N) is 1. The Morgan fingerprint density at radius 2 is 2.26 bits per heavy atom. The quantitative estimate of drug-likeness (QED) is 0.928. The number of amides is 1. The fraction of sp³-hybridized carbons (Fsp3) is 0.500. The highest BCUT2D eigenvalue weighted by atomic mass is 35.5. The summed E-state index contributed by atoms with van der Waals surface area (Å²) in [5, 5.41) is 9.20. The molecule has 1 amide bonds. The molecule has 1 heterocycles. The normalized spacial score (nSPS) is 19.5. The highest BCUT2D eigenvalue weighted by Crippen LogP contribution is 2.26. The van der Waals surface area contributed by atoms with Crippen LogP contribution >= 0.6 is 11.6 Å². The van der Waals surface area contributed by atoms with Crippen molar-refractivity contribution in [2.75, 3.05) is 13.2 Å². The topological polar surface area (TPSA) is 40.5 Å². The molecule has 0 aliphatic carbocycles. The molecule has 1 N–H and O–H groups in total. The van der Waals surface area contributed by atoms with Crippen molar-refractivity contribution < 1.29 is 14.3 Å². The van der Waals surface area contributed by atoms with E-state index in [0.717, 1.165) is 19.3 Å². The largest absolute Gasteiger partial charge is 0.396 e. The van der Waals surface area contributed by atoms with E-state index in [1.807, 2.05) is 0 Å². The van der Waals surface area contributed by atoms with Crippen LogP contribution in [0.25, 0.3) is 0 Å². The molecule has 1 aliphatic rings. The highest BCUT2D eigenvalue weighted by Gasteiger charge is 2.29. The van der Waals surface area contributed by atoms with Crippen molar-refractivity contribution in [2.45, 2.75) is 31.7 Å². The molecule has 0 bridgehead atoms. The number of aliphatic hydroxyl groups excluding tert-OH is 1. The number of aliphatic hydroxyl groups is 1. The zero-order valence-electron chi connectivity index (χ0n) is 10.6. The fourth-order valence-corrected chi connectivity index (χ4v) is 2.81. The second-order valence-electron chi connectivity index (χ2n) is 4.76. The molecule has 1 aromatic rings. The second kappa shape index (κ2) is 6.35. The third kappa shape index (κ3) is 3.07. The van der Waals surface area contributed by atoms with Crippen molar-refractivity contribution in [1.82, 2.24) is 4.90 Å². The third-order valence-corrected chi connectivity index (χ3v) is 3.84. The third-order valence-electron chi connectivity index (χ3n) is 3.53. The van der Waals surface area contributed by atoms with Crippen molar-refractivity contribution in [2.24, 2.45) is 0 Å². The van der Waals surface area contributed by atoms with Crippen molar-refractivity contribution in [3.05, 3.63) is 34.6 Å². The smallest absolute Gasteiger partial charge is 0.258 e. The molecule has 1 aromatic carbocycles. The molecule has 1 fully saturated rings. The summed E-state index contributed by atoms with van der Waals surface area (Å²) in [7, 11) is 0. The molecule has 0 radical (unpaired) electrons. The van der Waals surface area contributed by atoms with Crippen LogP contribution in [0.1, 0.15) is 36.0 Å². The minimum Gasteiger partial charge on any atom is -0.396 e. The molecule has 0 aromatic heterocycles. The summed E-state index contributed by atoms with van der Waals surface area (Å²) in [6.45, 7) is 0.619. The standard InChI is InChI=1S/C14H17ClFNO2/c15-11-5-3-6-12(16)13(11)14(19)17-8-2-1-4-10(17)7-9-18/h3,5-6,10,18H,1-2,4,7-9H2. The van der Waals surface area contributed by atoms with E-state index in [4.69, 9.17) is 16.7 Å². The van der Waals surface area contributed by atoms with Crippen molar-refractivity contribution in [3.63, 3.8) is 0 Å². The van der Waals surface area contributed by atoms with Crippen LogP contribution in [0.5, 0.6) is 0 Å². The Balaban J connectivity index is 2.26. The van der Waals surface area contributed by atoms with Crippen LogP contribution < -0.4 is 0 Å². The number of piperidine rings is 1. The van der Waals surface area contributed by atoms with E-state index < -0.39 is 5.82 Å². The molecule has 2 rings (SSSR count). The molecule has 1 saturated heterocycles. The van der Waals surface area contributed by atoms with E-state index in [1.54, 1.807) is 4.90 Å². The van der Waals surface area contributed by atoms with Crippen LogP contribution in [-0.2, 0) is 0 Å². The SMILES string of the molecule is O=C(c1c(F)cccc1Cl)N1CCCCC1CCO. The average molecular weight is 286 g/mol. The van der Waals surface area contributed by atoms with Crippen molar-refractivity contribution >= 4 is 17.5 Å². The summed E-state index contributed by atoms with van der Waals surface area (Å²) in [5.41, 5.74) is -0.0611. The van der Waals surface area contributed by atoms with Gasteiger partial charge in [0.05, 0.1) is 10.6 Å². The molecule has 3 nitrogen and oxygen atoms in total. The maximum atomic E-state index is 13.8.